The molecule has 0 saturated heterocycles. The smallest absolute Gasteiger partial charge is 0.326 e. The van der Waals surface area contributed by atoms with Gasteiger partial charge >= 0.3 is 5.97 Å². The average Bonchev–Trinajstić information content (AvgIpc) is 2.36. The van der Waals surface area contributed by atoms with Gasteiger partial charge in [-0.2, -0.15) is 0 Å². The van der Waals surface area contributed by atoms with Crippen LogP contribution in [0.15, 0.2) is 0 Å². The molecule has 0 aliphatic carbocycles. The lowest BCUT2D eigenvalue weighted by atomic mass is 10.1. The van der Waals surface area contributed by atoms with E-state index < -0.39 is 24.0 Å². The van der Waals surface area contributed by atoms with Crippen molar-refractivity contribution in [3.63, 3.8) is 0 Å². The second-order valence-electron chi connectivity index (χ2n) is 4.11. The molecule has 5 N–H and O–H groups in total. The number of unbranched alkanes of at least 4 members (excludes halogenated alkanes) is 1. The minimum atomic E-state index is -1.09. The average molecular weight is 338 g/mol. The fourth-order valence-corrected chi connectivity index (χ4v) is 1.55. The summed E-state index contributed by atoms with van der Waals surface area (Å²) in [4.78, 5) is 33.8. The summed E-state index contributed by atoms with van der Waals surface area (Å²) < 4.78 is 0. The Morgan fingerprint density at radius 1 is 1.26 bits per heavy atom. The first-order chi connectivity index (χ1) is 8.92. The Labute approximate surface area is 120 Å². The SMILES string of the molecule is C[C@H](NC(=O)CBr)C(=O)N[C@@H](CCCCN)C(=O)O. The van der Waals surface area contributed by atoms with Gasteiger partial charge in [0.25, 0.3) is 0 Å². The molecule has 0 fully saturated rings. The van der Waals surface area contributed by atoms with Crippen LogP contribution in [0.25, 0.3) is 0 Å². The number of aliphatic carboxylic acids is 1. The first-order valence-corrected chi connectivity index (χ1v) is 7.13. The summed E-state index contributed by atoms with van der Waals surface area (Å²) in [5.41, 5.74) is 5.32. The van der Waals surface area contributed by atoms with E-state index in [9.17, 15) is 14.4 Å². The normalized spacial score (nSPS) is 13.4. The van der Waals surface area contributed by atoms with Crippen molar-refractivity contribution in [3.05, 3.63) is 0 Å². The predicted molar refractivity (Wildman–Crippen MR) is 73.9 cm³/mol. The number of halogens is 1. The summed E-state index contributed by atoms with van der Waals surface area (Å²) >= 11 is 2.96. The van der Waals surface area contributed by atoms with E-state index in [2.05, 4.69) is 26.6 Å². The zero-order chi connectivity index (χ0) is 14.8. The lowest BCUT2D eigenvalue weighted by Crippen LogP contribution is -2.50. The molecular weight excluding hydrogens is 318 g/mol. The molecule has 110 valence electrons. The van der Waals surface area contributed by atoms with E-state index in [0.717, 1.165) is 0 Å². The van der Waals surface area contributed by atoms with Gasteiger partial charge in [-0.15, -0.1) is 0 Å². The summed E-state index contributed by atoms with van der Waals surface area (Å²) in [5.74, 6) is -1.95. The lowest BCUT2D eigenvalue weighted by molar-refractivity contribution is -0.142. The van der Waals surface area contributed by atoms with Gasteiger partial charge in [0.1, 0.15) is 12.1 Å². The van der Waals surface area contributed by atoms with Crippen molar-refractivity contribution in [2.45, 2.75) is 38.3 Å². The van der Waals surface area contributed by atoms with Gasteiger partial charge in [-0.3, -0.25) is 9.59 Å². The number of carboxylic acid groups (broad SMARTS) is 1. The van der Waals surface area contributed by atoms with E-state index in [1.807, 2.05) is 0 Å². The number of alkyl halides is 1. The first kappa shape index (κ1) is 17.8. The fourth-order valence-electron chi connectivity index (χ4n) is 1.39. The molecule has 0 radical (unpaired) electrons. The topological polar surface area (TPSA) is 122 Å². The third kappa shape index (κ3) is 7.78. The Balaban J connectivity index is 4.29. The number of hydrogen-bond acceptors (Lipinski definition) is 4. The third-order valence-electron chi connectivity index (χ3n) is 2.45. The Morgan fingerprint density at radius 3 is 2.37 bits per heavy atom. The maximum Gasteiger partial charge on any atom is 0.326 e. The highest BCUT2D eigenvalue weighted by Gasteiger charge is 2.23. The molecule has 0 aromatic carbocycles. The molecule has 0 aliphatic rings. The summed E-state index contributed by atoms with van der Waals surface area (Å²) in [6.45, 7) is 1.98. The molecule has 0 spiro atoms. The number of nitrogens with one attached hydrogen (secondary N) is 2. The van der Waals surface area contributed by atoms with Crippen LogP contribution in [0, 0.1) is 0 Å². The minimum absolute atomic E-state index is 0.0868. The monoisotopic (exact) mass is 337 g/mol. The highest BCUT2D eigenvalue weighted by atomic mass is 79.9. The van der Waals surface area contributed by atoms with Crippen LogP contribution in [0.3, 0.4) is 0 Å². The Bertz CT molecular complexity index is 325. The zero-order valence-corrected chi connectivity index (χ0v) is 12.4. The van der Waals surface area contributed by atoms with Gasteiger partial charge in [0.2, 0.25) is 11.8 Å². The van der Waals surface area contributed by atoms with Crippen LogP contribution in [-0.4, -0.2) is 46.8 Å². The molecule has 19 heavy (non-hydrogen) atoms. The van der Waals surface area contributed by atoms with Crippen molar-refractivity contribution < 1.29 is 19.5 Å². The number of carbonyl (C=O) groups excluding carboxylic acids is 2. The number of amides is 2. The number of nitrogens with two attached hydrogens (primary N) is 1. The van der Waals surface area contributed by atoms with Gasteiger partial charge in [0.15, 0.2) is 0 Å². The molecule has 7 nitrogen and oxygen atoms in total. The molecule has 0 heterocycles. The molecule has 0 aromatic rings. The Morgan fingerprint density at radius 2 is 1.89 bits per heavy atom. The van der Waals surface area contributed by atoms with E-state index in [1.54, 1.807) is 0 Å². The van der Waals surface area contributed by atoms with Crippen molar-refractivity contribution in [1.29, 1.82) is 0 Å². The number of rotatable bonds is 9. The number of carbonyl (C=O) groups is 3. The van der Waals surface area contributed by atoms with Gasteiger partial charge in [-0.1, -0.05) is 15.9 Å². The van der Waals surface area contributed by atoms with Crippen LogP contribution in [0.5, 0.6) is 0 Å². The van der Waals surface area contributed by atoms with Crippen molar-refractivity contribution in [2.24, 2.45) is 5.73 Å². The predicted octanol–water partition coefficient (Wildman–Crippen LogP) is -0.416. The maximum absolute atomic E-state index is 11.7. The second-order valence-corrected chi connectivity index (χ2v) is 4.67. The van der Waals surface area contributed by atoms with E-state index in [4.69, 9.17) is 10.8 Å². The molecule has 0 unspecified atom stereocenters. The molecule has 0 rings (SSSR count). The zero-order valence-electron chi connectivity index (χ0n) is 10.8. The van der Waals surface area contributed by atoms with Gasteiger partial charge in [-0.25, -0.2) is 4.79 Å². The summed E-state index contributed by atoms with van der Waals surface area (Å²) in [7, 11) is 0. The van der Waals surface area contributed by atoms with E-state index in [0.29, 0.717) is 25.8 Å². The quantitative estimate of drug-likeness (QED) is 0.336. The number of hydrogen-bond donors (Lipinski definition) is 4. The van der Waals surface area contributed by atoms with Crippen LogP contribution >= 0.6 is 15.9 Å². The van der Waals surface area contributed by atoms with Crippen molar-refractivity contribution in [1.82, 2.24) is 10.6 Å². The fraction of sp³-hybridized carbons (Fsp3) is 0.727. The molecule has 0 saturated carbocycles. The second kappa shape index (κ2) is 9.74. The molecule has 0 bridgehead atoms. The maximum atomic E-state index is 11.7. The summed E-state index contributed by atoms with van der Waals surface area (Å²) in [6, 6.07) is -1.73. The van der Waals surface area contributed by atoms with E-state index in [1.165, 1.54) is 6.92 Å². The molecule has 2 atom stereocenters. The van der Waals surface area contributed by atoms with Crippen molar-refractivity contribution in [3.8, 4) is 0 Å². The Kier molecular flexibility index (Phi) is 9.15. The van der Waals surface area contributed by atoms with Crippen molar-refractivity contribution in [2.75, 3.05) is 11.9 Å². The van der Waals surface area contributed by atoms with Crippen LogP contribution in [0.2, 0.25) is 0 Å². The van der Waals surface area contributed by atoms with E-state index >= 15 is 0 Å². The van der Waals surface area contributed by atoms with Crippen LogP contribution in [0.1, 0.15) is 26.2 Å². The molecule has 0 aliphatic heterocycles. The van der Waals surface area contributed by atoms with Crippen LogP contribution in [-0.2, 0) is 14.4 Å². The molecular formula is C11H20BrN3O4. The minimum Gasteiger partial charge on any atom is -0.480 e. The molecule has 2 amide bonds. The first-order valence-electron chi connectivity index (χ1n) is 6.01. The van der Waals surface area contributed by atoms with E-state index in [-0.39, 0.29) is 11.2 Å². The molecule has 0 aromatic heterocycles. The summed E-state index contributed by atoms with van der Waals surface area (Å²) in [6.07, 6.45) is 1.64. The molecule has 8 heteroatoms. The van der Waals surface area contributed by atoms with Crippen molar-refractivity contribution >= 4 is 33.7 Å². The Hall–Kier alpha value is -1.15. The van der Waals surface area contributed by atoms with Gasteiger partial charge in [0.05, 0.1) is 5.33 Å². The number of carboxylic acids is 1. The van der Waals surface area contributed by atoms with Gasteiger partial charge in [-0.05, 0) is 32.7 Å². The van der Waals surface area contributed by atoms with Crippen LogP contribution in [0.4, 0.5) is 0 Å². The standard InChI is InChI=1S/C11H20BrN3O4/c1-7(14-9(16)6-12)10(17)15-8(11(18)19)4-2-3-5-13/h7-8H,2-6,13H2,1H3,(H,14,16)(H,15,17)(H,18,19)/t7-,8-/m0/s1. The highest BCUT2D eigenvalue weighted by molar-refractivity contribution is 9.09. The van der Waals surface area contributed by atoms with Gasteiger partial charge < -0.3 is 21.5 Å². The third-order valence-corrected chi connectivity index (χ3v) is 2.96. The lowest BCUT2D eigenvalue weighted by Gasteiger charge is -2.18. The largest absolute Gasteiger partial charge is 0.480 e. The highest BCUT2D eigenvalue weighted by Crippen LogP contribution is 2.01. The van der Waals surface area contributed by atoms with Crippen LogP contribution < -0.4 is 16.4 Å². The van der Waals surface area contributed by atoms with Gasteiger partial charge in [0, 0.05) is 0 Å². The summed E-state index contributed by atoms with van der Waals surface area (Å²) in [5, 5.41) is 13.9.